The number of furan rings is 1. The molecule has 194 valence electrons. The lowest BCUT2D eigenvalue weighted by Gasteiger charge is -2.28. The molecule has 1 saturated heterocycles. The smallest absolute Gasteiger partial charge is 0.342 e. The van der Waals surface area contributed by atoms with Gasteiger partial charge in [0.15, 0.2) is 5.76 Å². The Morgan fingerprint density at radius 3 is 2.47 bits per heavy atom. The molecule has 0 spiro atoms. The van der Waals surface area contributed by atoms with Crippen LogP contribution in [0.2, 0.25) is 0 Å². The van der Waals surface area contributed by atoms with Crippen LogP contribution in [0.25, 0.3) is 22.3 Å². The molecule has 0 aliphatic carbocycles. The van der Waals surface area contributed by atoms with E-state index < -0.39 is 17.9 Å². The van der Waals surface area contributed by atoms with Crippen LogP contribution in [0.4, 0.5) is 0 Å². The molecule has 0 radical (unpaired) electrons. The zero-order chi connectivity index (χ0) is 27.8. The molecule has 0 bridgehead atoms. The molecule has 0 amide bonds. The molecule has 0 atom stereocenters. The summed E-state index contributed by atoms with van der Waals surface area (Å²) in [4.78, 5) is 15.3. The Morgan fingerprint density at radius 2 is 1.86 bits per heavy atom. The number of carbonyl (C=O) groups excluding carboxylic acids is 1. The lowest BCUT2D eigenvalue weighted by Crippen LogP contribution is -2.29. The van der Waals surface area contributed by atoms with E-state index in [2.05, 4.69) is 0 Å². The molecule has 1 aromatic heterocycles. The van der Waals surface area contributed by atoms with Crippen molar-refractivity contribution < 1.29 is 31.3 Å². The number of ether oxygens (including phenoxy) is 3. The molecule has 7 nitrogen and oxygen atoms in total. The third kappa shape index (κ3) is 4.89. The highest BCUT2D eigenvalue weighted by molar-refractivity contribution is 6.11. The topological polar surface area (TPSA) is 81.4 Å². The Kier molecular flexibility index (Phi) is 6.73. The van der Waals surface area contributed by atoms with E-state index in [4.69, 9.17) is 18.6 Å². The van der Waals surface area contributed by atoms with Crippen molar-refractivity contribution >= 4 is 16.9 Å². The van der Waals surface area contributed by atoms with Crippen LogP contribution in [-0.4, -0.2) is 49.9 Å². The number of hydrogen-bond acceptors (Lipinski definition) is 7. The van der Waals surface area contributed by atoms with Crippen LogP contribution in [0.1, 0.15) is 71.2 Å². The first-order chi connectivity index (χ1) is 17.9. The van der Waals surface area contributed by atoms with E-state index in [0.717, 1.165) is 19.3 Å². The molecular weight excluding hydrogens is 458 g/mol. The summed E-state index contributed by atoms with van der Waals surface area (Å²) in [7, 11) is 3.06. The van der Waals surface area contributed by atoms with Gasteiger partial charge in [0.1, 0.15) is 28.4 Å². The minimum Gasteiger partial charge on any atom is -0.508 e. The van der Waals surface area contributed by atoms with Crippen LogP contribution in [0, 0.1) is 0 Å². The van der Waals surface area contributed by atoms with Crippen LogP contribution in [0.3, 0.4) is 0 Å². The Balaban J connectivity index is 2.16. The van der Waals surface area contributed by atoms with Gasteiger partial charge < -0.3 is 23.7 Å². The van der Waals surface area contributed by atoms with Gasteiger partial charge >= 0.3 is 5.97 Å². The van der Waals surface area contributed by atoms with Crippen molar-refractivity contribution in [2.45, 2.75) is 58.9 Å². The summed E-state index contributed by atoms with van der Waals surface area (Å²) in [5.74, 6) is 0.272. The molecule has 1 aliphatic rings. The average Bonchev–Trinajstić information content (AvgIpc) is 3.27. The van der Waals surface area contributed by atoms with Gasteiger partial charge in [-0.25, -0.2) is 4.79 Å². The van der Waals surface area contributed by atoms with Gasteiger partial charge in [-0.05, 0) is 56.5 Å². The SMILES string of the molecule is [2H]C([2H])(c1c(O)cc(C(C)(C)C)c2oc(-c3ccc(OC)cc3OC)c(C(=O)OCC)c12)N1CCCCC1. The first kappa shape index (κ1) is 23.2. The van der Waals surface area contributed by atoms with Gasteiger partial charge in [-0.1, -0.05) is 27.2 Å². The Morgan fingerprint density at radius 1 is 1.14 bits per heavy atom. The lowest BCUT2D eigenvalue weighted by molar-refractivity contribution is 0.0528. The van der Waals surface area contributed by atoms with Gasteiger partial charge in [-0.2, -0.15) is 0 Å². The number of hydrogen-bond donors (Lipinski definition) is 1. The first-order valence-corrected chi connectivity index (χ1v) is 12.4. The second kappa shape index (κ2) is 10.4. The highest BCUT2D eigenvalue weighted by atomic mass is 16.5. The molecule has 1 aliphatic heterocycles. The molecule has 4 rings (SSSR count). The maximum atomic E-state index is 13.6. The van der Waals surface area contributed by atoms with E-state index in [9.17, 15) is 12.6 Å². The number of esters is 1. The summed E-state index contributed by atoms with van der Waals surface area (Å²) in [6, 6.07) is 6.71. The summed E-state index contributed by atoms with van der Waals surface area (Å²) in [6.45, 7) is 6.76. The molecule has 2 heterocycles. The van der Waals surface area contributed by atoms with Crippen molar-refractivity contribution in [1.82, 2.24) is 4.90 Å². The molecule has 0 saturated carbocycles. The molecule has 2 aromatic carbocycles. The van der Waals surface area contributed by atoms with E-state index in [1.807, 2.05) is 20.8 Å². The lowest BCUT2D eigenvalue weighted by atomic mass is 9.84. The maximum absolute atomic E-state index is 13.6. The normalized spacial score (nSPS) is 15.9. The zero-order valence-electron chi connectivity index (χ0n) is 24.0. The van der Waals surface area contributed by atoms with Gasteiger partial charge in [0.25, 0.3) is 0 Å². The number of phenolic OH excluding ortho intramolecular Hbond substituents is 1. The highest BCUT2D eigenvalue weighted by Crippen LogP contribution is 2.46. The molecule has 1 N–H and O–H groups in total. The highest BCUT2D eigenvalue weighted by Gasteiger charge is 2.33. The second-order valence-corrected chi connectivity index (χ2v) is 10.0. The number of fused-ring (bicyclic) bond motifs is 1. The molecule has 7 heteroatoms. The van der Waals surface area contributed by atoms with Crippen molar-refractivity contribution in [1.29, 1.82) is 0 Å². The standard InChI is InChI=1S/C29H37NO6/c1-7-35-28(32)25-24-20(17-30-13-9-8-10-14-30)22(31)16-21(29(2,3)4)27(24)36-26(25)19-12-11-18(33-5)15-23(19)34-6/h11-12,15-16,31H,7-10,13-14,17H2,1-6H3/i17D2. The van der Waals surface area contributed by atoms with Crippen LogP contribution in [-0.2, 0) is 16.6 Å². The summed E-state index contributed by atoms with van der Waals surface area (Å²) < 4.78 is 41.3. The zero-order valence-corrected chi connectivity index (χ0v) is 22.0. The minimum absolute atomic E-state index is 0.00734. The van der Waals surface area contributed by atoms with Crippen molar-refractivity contribution in [3.63, 3.8) is 0 Å². The Bertz CT molecular complexity index is 1340. The van der Waals surface area contributed by atoms with Crippen molar-refractivity contribution in [3.8, 4) is 28.6 Å². The number of nitrogens with zero attached hydrogens (tertiary/aromatic N) is 1. The summed E-state index contributed by atoms with van der Waals surface area (Å²) >= 11 is 0. The van der Waals surface area contributed by atoms with Gasteiger partial charge in [0, 0.05) is 31.8 Å². The molecule has 0 unspecified atom stereocenters. The quantitative estimate of drug-likeness (QED) is 0.385. The number of likely N-dealkylation sites (tertiary alicyclic amines) is 1. The van der Waals surface area contributed by atoms with Crippen LogP contribution in [0.5, 0.6) is 17.2 Å². The van der Waals surface area contributed by atoms with Crippen LogP contribution < -0.4 is 9.47 Å². The van der Waals surface area contributed by atoms with E-state index >= 15 is 0 Å². The predicted octanol–water partition coefficient (Wildman–Crippen LogP) is 6.28. The summed E-state index contributed by atoms with van der Waals surface area (Å²) in [5, 5.41) is 11.6. The van der Waals surface area contributed by atoms with Crippen molar-refractivity contribution in [3.05, 3.63) is 41.0 Å². The van der Waals surface area contributed by atoms with Gasteiger partial charge in [-0.3, -0.25) is 4.90 Å². The fourth-order valence-corrected chi connectivity index (χ4v) is 4.67. The fourth-order valence-electron chi connectivity index (χ4n) is 4.67. The molecule has 3 aromatic rings. The largest absolute Gasteiger partial charge is 0.508 e. The minimum atomic E-state index is -2.06. The summed E-state index contributed by atoms with van der Waals surface area (Å²) in [5.41, 5.74) is 1.04. The van der Waals surface area contributed by atoms with Crippen LogP contribution >= 0.6 is 0 Å². The van der Waals surface area contributed by atoms with E-state index in [-0.39, 0.29) is 34.6 Å². The van der Waals surface area contributed by atoms with Gasteiger partial charge in [0.2, 0.25) is 0 Å². The van der Waals surface area contributed by atoms with E-state index in [1.165, 1.54) is 7.11 Å². The Hall–Kier alpha value is -3.19. The molecule has 36 heavy (non-hydrogen) atoms. The van der Waals surface area contributed by atoms with Crippen LogP contribution in [0.15, 0.2) is 28.7 Å². The third-order valence-corrected chi connectivity index (χ3v) is 6.51. The number of benzene rings is 2. The predicted molar refractivity (Wildman–Crippen MR) is 140 cm³/mol. The number of carbonyl (C=O) groups is 1. The molecule has 1 fully saturated rings. The van der Waals surface area contributed by atoms with Crippen molar-refractivity contribution in [2.24, 2.45) is 0 Å². The average molecular weight is 498 g/mol. The van der Waals surface area contributed by atoms with Gasteiger partial charge in [-0.15, -0.1) is 0 Å². The maximum Gasteiger partial charge on any atom is 0.342 e. The number of phenols is 1. The molecular formula is C29H37NO6. The summed E-state index contributed by atoms with van der Waals surface area (Å²) in [6.07, 6.45) is 2.74. The fraction of sp³-hybridized carbons (Fsp3) is 0.483. The van der Waals surface area contributed by atoms with E-state index in [1.54, 1.807) is 43.2 Å². The number of aromatic hydroxyl groups is 1. The second-order valence-electron chi connectivity index (χ2n) is 10.0. The van der Waals surface area contributed by atoms with Crippen molar-refractivity contribution in [2.75, 3.05) is 33.9 Å². The van der Waals surface area contributed by atoms with Gasteiger partial charge in [0.05, 0.1) is 26.4 Å². The monoisotopic (exact) mass is 497 g/mol. The first-order valence-electron chi connectivity index (χ1n) is 13.4. The number of rotatable bonds is 7. The third-order valence-electron chi connectivity index (χ3n) is 6.51. The number of methoxy groups -OCH3 is 2. The Labute approximate surface area is 215 Å². The van der Waals surface area contributed by atoms with E-state index in [0.29, 0.717) is 41.3 Å². The number of piperidine rings is 1.